The second kappa shape index (κ2) is 20.0. The van der Waals surface area contributed by atoms with E-state index in [-0.39, 0.29) is 38.5 Å². The SMILES string of the molecule is CC(=O)OC[C@H]1O[C@H](OCCNC(=O)CC[C@H](NC(=O)OCC2c3ccccc3-c3ccccc32)C(=O)OC(C)(C)C)[C@@H](OC(C)=O)[C@@H](OC(C)=O)[C@@H]1OC(C)=O. The van der Waals surface area contributed by atoms with Crippen molar-refractivity contribution in [1.82, 2.24) is 10.6 Å². The van der Waals surface area contributed by atoms with Crippen LogP contribution < -0.4 is 10.6 Å². The average molecular weight is 799 g/mol. The standard InChI is InChI=1S/C40H50N2O15/c1-22(43)51-21-32-34(53-23(2)44)35(54-24(3)45)36(55-25(4)46)38(56-32)50-19-18-41-33(47)17-16-31(37(48)57-40(5,6)7)42-39(49)52-20-30-28-14-10-8-12-26(28)27-13-9-11-15-29(27)30/h8-15,30-32,34-36,38H,16-21H2,1-7H3,(H,41,47)(H,42,49)/t31-,32+,34+,35-,36-,38-/m0/s1. The minimum Gasteiger partial charge on any atom is -0.463 e. The van der Waals surface area contributed by atoms with Crippen LogP contribution in [-0.2, 0) is 66.7 Å². The summed E-state index contributed by atoms with van der Waals surface area (Å²) in [6.07, 6.45) is -8.04. The van der Waals surface area contributed by atoms with E-state index in [0.717, 1.165) is 49.9 Å². The van der Waals surface area contributed by atoms with Crippen molar-refractivity contribution in [3.63, 3.8) is 0 Å². The fourth-order valence-electron chi connectivity index (χ4n) is 6.46. The molecule has 0 bridgehead atoms. The summed E-state index contributed by atoms with van der Waals surface area (Å²) in [6, 6.07) is 14.5. The molecule has 0 unspecified atom stereocenters. The zero-order chi connectivity index (χ0) is 41.9. The van der Waals surface area contributed by atoms with Gasteiger partial charge in [0.25, 0.3) is 0 Å². The lowest BCUT2D eigenvalue weighted by Crippen LogP contribution is -2.63. The molecule has 2 aromatic carbocycles. The van der Waals surface area contributed by atoms with E-state index in [1.54, 1.807) is 20.8 Å². The van der Waals surface area contributed by atoms with Gasteiger partial charge in [-0.25, -0.2) is 9.59 Å². The number of benzene rings is 2. The number of carbonyl (C=O) groups excluding carboxylic acids is 7. The Kier molecular flexibility index (Phi) is 15.5. The molecule has 17 heteroatoms. The highest BCUT2D eigenvalue weighted by Crippen LogP contribution is 2.44. The first-order chi connectivity index (χ1) is 26.9. The number of esters is 5. The quantitative estimate of drug-likeness (QED) is 0.142. The molecule has 0 radical (unpaired) electrons. The van der Waals surface area contributed by atoms with Crippen LogP contribution in [0.3, 0.4) is 0 Å². The molecule has 1 aliphatic heterocycles. The Hall–Kier alpha value is -5.55. The van der Waals surface area contributed by atoms with Crippen molar-refractivity contribution in [3.05, 3.63) is 59.7 Å². The number of nitrogens with one attached hydrogen (secondary N) is 2. The number of carbonyl (C=O) groups is 7. The van der Waals surface area contributed by atoms with Gasteiger partial charge < -0.3 is 48.5 Å². The summed E-state index contributed by atoms with van der Waals surface area (Å²) in [5.74, 6) is -4.52. The maximum Gasteiger partial charge on any atom is 0.407 e. The van der Waals surface area contributed by atoms with E-state index in [9.17, 15) is 33.6 Å². The highest BCUT2D eigenvalue weighted by atomic mass is 16.7. The summed E-state index contributed by atoms with van der Waals surface area (Å²) in [6.45, 7) is 8.72. The first-order valence-electron chi connectivity index (χ1n) is 18.5. The summed E-state index contributed by atoms with van der Waals surface area (Å²) >= 11 is 0. The van der Waals surface area contributed by atoms with Gasteiger partial charge in [0.05, 0.1) is 6.61 Å². The largest absolute Gasteiger partial charge is 0.463 e. The Labute approximate surface area is 330 Å². The second-order valence-corrected chi connectivity index (χ2v) is 14.4. The molecule has 0 saturated carbocycles. The molecular formula is C40H50N2O15. The molecule has 2 aliphatic rings. The summed E-state index contributed by atoms with van der Waals surface area (Å²) in [5.41, 5.74) is 3.27. The maximum atomic E-state index is 13.1. The molecule has 0 aromatic heterocycles. The van der Waals surface area contributed by atoms with E-state index in [2.05, 4.69) is 10.6 Å². The van der Waals surface area contributed by atoms with E-state index >= 15 is 0 Å². The van der Waals surface area contributed by atoms with Crippen molar-refractivity contribution >= 4 is 41.8 Å². The van der Waals surface area contributed by atoms with Gasteiger partial charge in [0.2, 0.25) is 5.91 Å². The van der Waals surface area contributed by atoms with Gasteiger partial charge in [-0.15, -0.1) is 0 Å². The molecule has 1 fully saturated rings. The number of ether oxygens (including phenoxy) is 8. The predicted octanol–water partition coefficient (Wildman–Crippen LogP) is 3.23. The van der Waals surface area contributed by atoms with Gasteiger partial charge in [-0.2, -0.15) is 0 Å². The van der Waals surface area contributed by atoms with Crippen LogP contribution in [0, 0.1) is 0 Å². The number of hydrogen-bond donors (Lipinski definition) is 2. The lowest BCUT2D eigenvalue weighted by molar-refractivity contribution is -0.307. The van der Waals surface area contributed by atoms with Crippen molar-refractivity contribution in [2.75, 3.05) is 26.4 Å². The summed E-state index contributed by atoms with van der Waals surface area (Å²) < 4.78 is 44.0. The lowest BCUT2D eigenvalue weighted by Gasteiger charge is -2.44. The van der Waals surface area contributed by atoms with E-state index < -0.39 is 90.8 Å². The third-order valence-electron chi connectivity index (χ3n) is 8.64. The van der Waals surface area contributed by atoms with Crippen LogP contribution in [0.2, 0.25) is 0 Å². The van der Waals surface area contributed by atoms with E-state index in [1.807, 2.05) is 48.5 Å². The molecule has 6 atom stereocenters. The Morgan fingerprint density at radius 2 is 1.28 bits per heavy atom. The van der Waals surface area contributed by atoms with Crippen molar-refractivity contribution in [2.24, 2.45) is 0 Å². The molecule has 2 aromatic rings. The molecule has 0 spiro atoms. The molecule has 2 N–H and O–H groups in total. The van der Waals surface area contributed by atoms with Crippen molar-refractivity contribution in [2.45, 2.75) is 110 Å². The molecule has 17 nitrogen and oxygen atoms in total. The molecule has 4 rings (SSSR count). The first kappa shape index (κ1) is 44.2. The molecular weight excluding hydrogens is 748 g/mol. The number of alkyl carbamates (subject to hydrolysis) is 1. The number of fused-ring (bicyclic) bond motifs is 3. The second-order valence-electron chi connectivity index (χ2n) is 14.4. The van der Waals surface area contributed by atoms with Crippen LogP contribution in [0.25, 0.3) is 11.1 Å². The van der Waals surface area contributed by atoms with E-state index in [1.165, 1.54) is 0 Å². The van der Waals surface area contributed by atoms with Crippen LogP contribution in [0.15, 0.2) is 48.5 Å². The summed E-state index contributed by atoms with van der Waals surface area (Å²) in [5, 5.41) is 5.19. The van der Waals surface area contributed by atoms with E-state index in [4.69, 9.17) is 37.9 Å². The van der Waals surface area contributed by atoms with Crippen molar-refractivity contribution in [3.8, 4) is 11.1 Å². The number of hydrogen-bond acceptors (Lipinski definition) is 15. The fourth-order valence-corrected chi connectivity index (χ4v) is 6.46. The molecule has 57 heavy (non-hydrogen) atoms. The Balaban J connectivity index is 1.35. The van der Waals surface area contributed by atoms with Crippen LogP contribution in [0.1, 0.15) is 78.4 Å². The number of rotatable bonds is 16. The van der Waals surface area contributed by atoms with Gasteiger partial charge in [-0.05, 0) is 49.4 Å². The molecule has 1 saturated heterocycles. The molecule has 310 valence electrons. The van der Waals surface area contributed by atoms with Crippen LogP contribution in [0.4, 0.5) is 4.79 Å². The minimum atomic E-state index is -1.43. The maximum absolute atomic E-state index is 13.1. The van der Waals surface area contributed by atoms with Gasteiger partial charge in [-0.1, -0.05) is 48.5 Å². The van der Waals surface area contributed by atoms with E-state index in [0.29, 0.717) is 0 Å². The third-order valence-corrected chi connectivity index (χ3v) is 8.64. The fraction of sp³-hybridized carbons (Fsp3) is 0.525. The van der Waals surface area contributed by atoms with Gasteiger partial charge in [0.15, 0.2) is 24.6 Å². The van der Waals surface area contributed by atoms with Crippen molar-refractivity contribution < 1.29 is 71.5 Å². The average Bonchev–Trinajstić information content (AvgIpc) is 3.44. The highest BCUT2D eigenvalue weighted by molar-refractivity contribution is 5.83. The molecule has 2 amide bonds. The normalized spacial score (nSPS) is 20.4. The lowest BCUT2D eigenvalue weighted by atomic mass is 9.98. The van der Waals surface area contributed by atoms with Gasteiger partial charge in [0, 0.05) is 46.6 Å². The Morgan fingerprint density at radius 3 is 1.84 bits per heavy atom. The summed E-state index contributed by atoms with van der Waals surface area (Å²) in [4.78, 5) is 86.8. The summed E-state index contributed by atoms with van der Waals surface area (Å²) in [7, 11) is 0. The Morgan fingerprint density at radius 1 is 0.719 bits per heavy atom. The van der Waals surface area contributed by atoms with Crippen LogP contribution in [0.5, 0.6) is 0 Å². The predicted molar refractivity (Wildman–Crippen MR) is 198 cm³/mol. The topological polar surface area (TPSA) is 217 Å². The number of amides is 2. The zero-order valence-electron chi connectivity index (χ0n) is 33.0. The van der Waals surface area contributed by atoms with Crippen LogP contribution >= 0.6 is 0 Å². The first-order valence-corrected chi connectivity index (χ1v) is 18.5. The molecule has 1 heterocycles. The van der Waals surface area contributed by atoms with Gasteiger partial charge in [0.1, 0.15) is 31.0 Å². The van der Waals surface area contributed by atoms with Crippen molar-refractivity contribution in [1.29, 1.82) is 0 Å². The van der Waals surface area contributed by atoms with Gasteiger partial charge in [-0.3, -0.25) is 24.0 Å². The minimum absolute atomic E-state index is 0.0148. The smallest absolute Gasteiger partial charge is 0.407 e. The van der Waals surface area contributed by atoms with Crippen LogP contribution in [-0.4, -0.2) is 111 Å². The molecule has 1 aliphatic carbocycles. The third kappa shape index (κ3) is 13.0. The Bertz CT molecular complexity index is 1740. The zero-order valence-corrected chi connectivity index (χ0v) is 33.0. The van der Waals surface area contributed by atoms with Gasteiger partial charge >= 0.3 is 35.9 Å². The highest BCUT2D eigenvalue weighted by Gasteiger charge is 2.52. The monoisotopic (exact) mass is 798 g/mol.